The van der Waals surface area contributed by atoms with E-state index in [4.69, 9.17) is 0 Å². The molecule has 2 fully saturated rings. The molecule has 5 nitrogen and oxygen atoms in total. The maximum Gasteiger partial charge on any atom is 0.113 e. The highest BCUT2D eigenvalue weighted by atomic mass is 15.3. The number of H-pyrrole nitrogens is 1. The molecule has 100 valence electrons. The van der Waals surface area contributed by atoms with Crippen molar-refractivity contribution in [2.24, 2.45) is 11.8 Å². The summed E-state index contributed by atoms with van der Waals surface area (Å²) in [5, 5.41) is 14.4. The van der Waals surface area contributed by atoms with Crippen LogP contribution >= 0.6 is 0 Å². The second kappa shape index (κ2) is 4.58. The van der Waals surface area contributed by atoms with Crippen LogP contribution in [0, 0.1) is 11.8 Å². The molecule has 1 aromatic heterocycles. The smallest absolute Gasteiger partial charge is 0.113 e. The monoisotopic (exact) mass is 257 g/mol. The molecule has 0 unspecified atom stereocenters. The number of aromatic amines is 1. The maximum absolute atomic E-state index is 4.16. The topological polar surface area (TPSA) is 56.8 Å². The molecule has 0 amide bonds. The Hall–Kier alpha value is -1.46. The summed E-state index contributed by atoms with van der Waals surface area (Å²) in [6.45, 7) is 5.91. The second-order valence-electron chi connectivity index (χ2n) is 5.85. The first-order chi connectivity index (χ1) is 9.38. The second-order valence-corrected chi connectivity index (χ2v) is 5.85. The minimum Gasteiger partial charge on any atom is -0.316 e. The molecule has 2 N–H and O–H groups in total. The van der Waals surface area contributed by atoms with Gasteiger partial charge in [0, 0.05) is 19.6 Å². The Morgan fingerprint density at radius 2 is 2.05 bits per heavy atom. The highest BCUT2D eigenvalue weighted by Gasteiger charge is 2.33. The van der Waals surface area contributed by atoms with E-state index in [1.54, 1.807) is 0 Å². The molecule has 0 radical (unpaired) electrons. The lowest BCUT2D eigenvalue weighted by atomic mass is 9.90. The normalized spacial score (nSPS) is 27.8. The van der Waals surface area contributed by atoms with E-state index in [1.807, 2.05) is 0 Å². The number of benzene rings is 1. The summed E-state index contributed by atoms with van der Waals surface area (Å²) in [5.41, 5.74) is 3.26. The van der Waals surface area contributed by atoms with Gasteiger partial charge in [-0.15, -0.1) is 0 Å². The average molecular weight is 257 g/mol. The van der Waals surface area contributed by atoms with Crippen molar-refractivity contribution < 1.29 is 0 Å². The van der Waals surface area contributed by atoms with Gasteiger partial charge < -0.3 is 5.32 Å². The van der Waals surface area contributed by atoms with E-state index in [0.29, 0.717) is 0 Å². The van der Waals surface area contributed by atoms with Crippen molar-refractivity contribution in [3.63, 3.8) is 0 Å². The van der Waals surface area contributed by atoms with E-state index >= 15 is 0 Å². The van der Waals surface area contributed by atoms with Gasteiger partial charge in [-0.25, -0.2) is 0 Å². The van der Waals surface area contributed by atoms with E-state index in [1.165, 1.54) is 38.2 Å². The van der Waals surface area contributed by atoms with Gasteiger partial charge in [-0.1, -0.05) is 6.07 Å². The Kier molecular flexibility index (Phi) is 2.74. The minimum atomic E-state index is 0.851. The average Bonchev–Trinajstić information content (AvgIpc) is 3.03. The lowest BCUT2D eigenvalue weighted by Gasteiger charge is -2.24. The fraction of sp³-hybridized carbons (Fsp3) is 0.571. The van der Waals surface area contributed by atoms with Gasteiger partial charge in [0.1, 0.15) is 11.0 Å². The summed E-state index contributed by atoms with van der Waals surface area (Å²) >= 11 is 0. The largest absolute Gasteiger partial charge is 0.316 e. The third-order valence-electron chi connectivity index (χ3n) is 4.54. The molecule has 5 heteroatoms. The number of hydrogen-bond acceptors (Lipinski definition) is 4. The highest BCUT2D eigenvalue weighted by molar-refractivity contribution is 5.74. The molecular formula is C14H19N5. The van der Waals surface area contributed by atoms with Crippen LogP contribution in [0.15, 0.2) is 18.2 Å². The van der Waals surface area contributed by atoms with Crippen molar-refractivity contribution in [1.29, 1.82) is 0 Å². The van der Waals surface area contributed by atoms with Crippen LogP contribution in [0.25, 0.3) is 11.0 Å². The van der Waals surface area contributed by atoms with Gasteiger partial charge in [-0.05, 0) is 49.0 Å². The standard InChI is InChI=1S/C14H19N5/c1-2-13-14(17-18-16-13)5-10(1)7-19-8-11-3-4-15-6-12(11)9-19/h1-2,5,11-12,15H,3-4,6-9H2,(H,16,17,18)/t11-,12-/m1/s1. The lowest BCUT2D eigenvalue weighted by Crippen LogP contribution is -2.35. The fourth-order valence-electron chi connectivity index (χ4n) is 3.54. The SMILES string of the molecule is c1cc2n[nH]nc2cc1CN1C[C@H]2CCNC[C@@H]2C1. The summed E-state index contributed by atoms with van der Waals surface area (Å²) in [4.78, 5) is 2.59. The first-order valence-electron chi connectivity index (χ1n) is 7.11. The molecule has 0 spiro atoms. The number of fused-ring (bicyclic) bond motifs is 2. The predicted molar refractivity (Wildman–Crippen MR) is 73.6 cm³/mol. The molecule has 2 aliphatic rings. The zero-order chi connectivity index (χ0) is 12.7. The third kappa shape index (κ3) is 2.13. The third-order valence-corrected chi connectivity index (χ3v) is 4.54. The Bertz CT molecular complexity index is 564. The van der Waals surface area contributed by atoms with Gasteiger partial charge >= 0.3 is 0 Å². The summed E-state index contributed by atoms with van der Waals surface area (Å²) in [7, 11) is 0. The first-order valence-corrected chi connectivity index (χ1v) is 7.11. The first kappa shape index (κ1) is 11.4. The number of aromatic nitrogens is 3. The van der Waals surface area contributed by atoms with Crippen molar-refractivity contribution in [1.82, 2.24) is 25.6 Å². The van der Waals surface area contributed by atoms with Crippen LogP contribution in [0.5, 0.6) is 0 Å². The quantitative estimate of drug-likeness (QED) is 0.842. The van der Waals surface area contributed by atoms with Crippen molar-refractivity contribution >= 4 is 11.0 Å². The van der Waals surface area contributed by atoms with Gasteiger partial charge in [0.2, 0.25) is 0 Å². The van der Waals surface area contributed by atoms with Crippen LogP contribution < -0.4 is 5.32 Å². The summed E-state index contributed by atoms with van der Waals surface area (Å²) in [6, 6.07) is 6.38. The summed E-state index contributed by atoms with van der Waals surface area (Å²) in [6.07, 6.45) is 1.34. The van der Waals surface area contributed by atoms with E-state index in [9.17, 15) is 0 Å². The molecule has 0 bridgehead atoms. The van der Waals surface area contributed by atoms with Crippen molar-refractivity contribution in [2.45, 2.75) is 13.0 Å². The van der Waals surface area contributed by atoms with E-state index in [-0.39, 0.29) is 0 Å². The molecule has 2 aliphatic heterocycles. The maximum atomic E-state index is 4.16. The van der Waals surface area contributed by atoms with E-state index in [2.05, 4.69) is 43.8 Å². The van der Waals surface area contributed by atoms with Crippen LogP contribution in [0.1, 0.15) is 12.0 Å². The minimum absolute atomic E-state index is 0.851. The van der Waals surface area contributed by atoms with Crippen LogP contribution in [-0.4, -0.2) is 46.5 Å². The Labute approximate surface area is 112 Å². The number of nitrogens with one attached hydrogen (secondary N) is 2. The molecule has 4 rings (SSSR count). The van der Waals surface area contributed by atoms with Crippen LogP contribution in [-0.2, 0) is 6.54 Å². The molecule has 2 saturated heterocycles. The van der Waals surface area contributed by atoms with Gasteiger partial charge in [0.25, 0.3) is 0 Å². The van der Waals surface area contributed by atoms with E-state index in [0.717, 1.165) is 29.4 Å². The Morgan fingerprint density at radius 3 is 3.00 bits per heavy atom. The van der Waals surface area contributed by atoms with Crippen molar-refractivity contribution in [3.8, 4) is 0 Å². The number of piperidine rings is 1. The van der Waals surface area contributed by atoms with Crippen molar-refractivity contribution in [3.05, 3.63) is 23.8 Å². The zero-order valence-electron chi connectivity index (χ0n) is 11.0. The fourth-order valence-corrected chi connectivity index (χ4v) is 3.54. The van der Waals surface area contributed by atoms with E-state index < -0.39 is 0 Å². The molecule has 0 aliphatic carbocycles. The number of likely N-dealkylation sites (tertiary alicyclic amines) is 1. The lowest BCUT2D eigenvalue weighted by molar-refractivity contribution is 0.314. The van der Waals surface area contributed by atoms with Crippen LogP contribution in [0.3, 0.4) is 0 Å². The van der Waals surface area contributed by atoms with Gasteiger partial charge in [0.15, 0.2) is 0 Å². The zero-order valence-corrected chi connectivity index (χ0v) is 11.0. The highest BCUT2D eigenvalue weighted by Crippen LogP contribution is 2.29. The number of hydrogen-bond donors (Lipinski definition) is 2. The molecular weight excluding hydrogens is 238 g/mol. The molecule has 3 heterocycles. The predicted octanol–water partition coefficient (Wildman–Crippen LogP) is 0.999. The number of rotatable bonds is 2. The molecule has 2 atom stereocenters. The van der Waals surface area contributed by atoms with Gasteiger partial charge in [0.05, 0.1) is 0 Å². The Morgan fingerprint density at radius 1 is 1.16 bits per heavy atom. The molecule has 19 heavy (non-hydrogen) atoms. The molecule has 0 saturated carbocycles. The van der Waals surface area contributed by atoms with Gasteiger partial charge in [-0.3, -0.25) is 4.90 Å². The molecule has 1 aromatic carbocycles. The van der Waals surface area contributed by atoms with Crippen LogP contribution in [0.2, 0.25) is 0 Å². The Balaban J connectivity index is 1.49. The van der Waals surface area contributed by atoms with Crippen LogP contribution in [0.4, 0.5) is 0 Å². The van der Waals surface area contributed by atoms with Gasteiger partial charge in [-0.2, -0.15) is 15.4 Å². The number of nitrogens with zero attached hydrogens (tertiary/aromatic N) is 3. The summed E-state index contributed by atoms with van der Waals surface area (Å²) < 4.78 is 0. The molecule has 2 aromatic rings. The van der Waals surface area contributed by atoms with Crippen molar-refractivity contribution in [2.75, 3.05) is 26.2 Å². The summed E-state index contributed by atoms with van der Waals surface area (Å²) in [5.74, 6) is 1.75.